The first-order chi connectivity index (χ1) is 18.9. The summed E-state index contributed by atoms with van der Waals surface area (Å²) in [5, 5.41) is 0. The highest BCUT2D eigenvalue weighted by Gasteiger charge is 2.32. The summed E-state index contributed by atoms with van der Waals surface area (Å²) in [7, 11) is 0. The summed E-state index contributed by atoms with van der Waals surface area (Å²) in [6.07, 6.45) is 17.8. The van der Waals surface area contributed by atoms with E-state index in [1.54, 1.807) is 25.1 Å². The third kappa shape index (κ3) is 7.46. The number of rotatable bonds is 11. The Balaban J connectivity index is 1.30. The Morgan fingerprint density at radius 1 is 0.718 bits per heavy atom. The van der Waals surface area contributed by atoms with Crippen LogP contribution in [0.25, 0.3) is 0 Å². The van der Waals surface area contributed by atoms with Gasteiger partial charge in [0.1, 0.15) is 0 Å². The van der Waals surface area contributed by atoms with E-state index >= 15 is 8.78 Å². The second-order valence-electron chi connectivity index (χ2n) is 11.8. The summed E-state index contributed by atoms with van der Waals surface area (Å²) in [6, 6.07) is 6.11. The van der Waals surface area contributed by atoms with Gasteiger partial charge in [-0.15, -0.1) is 0 Å². The van der Waals surface area contributed by atoms with Crippen LogP contribution in [0.5, 0.6) is 5.75 Å². The minimum absolute atomic E-state index is 0.0476. The van der Waals surface area contributed by atoms with Gasteiger partial charge in [0.15, 0.2) is 23.2 Å². The molecule has 2 aromatic rings. The monoisotopic (exact) mass is 544 g/mol. The minimum Gasteiger partial charge on any atom is -0.462 e. The predicted octanol–water partition coefficient (Wildman–Crippen LogP) is 10.6. The molecule has 0 amide bonds. The molecule has 214 valence electrons. The van der Waals surface area contributed by atoms with Gasteiger partial charge in [0.2, 0.25) is 5.82 Å². The molecule has 39 heavy (non-hydrogen) atoms. The Morgan fingerprint density at radius 3 is 1.92 bits per heavy atom. The first-order valence-corrected chi connectivity index (χ1v) is 15.1. The maximum atomic E-state index is 15.2. The fourth-order valence-corrected chi connectivity index (χ4v) is 6.91. The molecule has 5 heteroatoms. The number of unbranched alkanes of at least 4 members (excludes halogenated alkanes) is 2. The summed E-state index contributed by atoms with van der Waals surface area (Å²) in [6.45, 7) is 3.96. The highest BCUT2D eigenvalue weighted by atomic mass is 19.2. The Labute approximate surface area is 232 Å². The lowest BCUT2D eigenvalue weighted by Gasteiger charge is -2.38. The largest absolute Gasteiger partial charge is 0.462 e. The number of hydrogen-bond acceptors (Lipinski definition) is 1. The van der Waals surface area contributed by atoms with Crippen LogP contribution in [0.15, 0.2) is 36.6 Å². The van der Waals surface area contributed by atoms with Gasteiger partial charge < -0.3 is 4.74 Å². The van der Waals surface area contributed by atoms with Gasteiger partial charge in [-0.1, -0.05) is 69.7 Å². The third-order valence-electron chi connectivity index (χ3n) is 9.30. The van der Waals surface area contributed by atoms with Crippen molar-refractivity contribution in [2.24, 2.45) is 17.8 Å². The van der Waals surface area contributed by atoms with Crippen molar-refractivity contribution in [2.75, 3.05) is 0 Å². The van der Waals surface area contributed by atoms with Gasteiger partial charge in [-0.05, 0) is 105 Å². The standard InChI is InChI=1S/C34H44F4O/c1-3-5-6-7-23-8-10-24(11-9-23)25-12-14-26(15-13-25)29-20-18-27(31(35)33(29)37)16-17-28-19-21-30(39-22-4-2)34(38)32(28)36/h4,18-26H,3,5-17H2,1-2H3/b22-4+. The average Bonchev–Trinajstić information content (AvgIpc) is 2.96. The predicted molar refractivity (Wildman–Crippen MR) is 150 cm³/mol. The van der Waals surface area contributed by atoms with Crippen LogP contribution in [0, 0.1) is 41.0 Å². The average molecular weight is 545 g/mol. The van der Waals surface area contributed by atoms with Crippen molar-refractivity contribution in [3.63, 3.8) is 0 Å². The molecule has 4 rings (SSSR count). The molecule has 2 aliphatic carbocycles. The molecule has 0 heterocycles. The number of aryl methyl sites for hydroxylation is 2. The Bertz CT molecular complexity index is 1090. The third-order valence-corrected chi connectivity index (χ3v) is 9.30. The fraction of sp³-hybridized carbons (Fsp3) is 0.588. The number of benzene rings is 2. The lowest BCUT2D eigenvalue weighted by Crippen LogP contribution is -2.25. The Hall–Kier alpha value is -2.30. The second-order valence-corrected chi connectivity index (χ2v) is 11.8. The van der Waals surface area contributed by atoms with Crippen LogP contribution < -0.4 is 4.74 Å². The summed E-state index contributed by atoms with van der Waals surface area (Å²) < 4.78 is 64.0. The zero-order valence-electron chi connectivity index (χ0n) is 23.6. The molecular formula is C34H44F4O. The van der Waals surface area contributed by atoms with E-state index in [1.807, 2.05) is 0 Å². The van der Waals surface area contributed by atoms with E-state index in [1.165, 1.54) is 69.8 Å². The minimum atomic E-state index is -1.08. The van der Waals surface area contributed by atoms with Crippen molar-refractivity contribution in [3.05, 3.63) is 76.6 Å². The quantitative estimate of drug-likeness (QED) is 0.155. The van der Waals surface area contributed by atoms with E-state index in [0.29, 0.717) is 5.56 Å². The van der Waals surface area contributed by atoms with Crippen LogP contribution in [0.1, 0.15) is 114 Å². The van der Waals surface area contributed by atoms with Crippen molar-refractivity contribution < 1.29 is 22.3 Å². The molecule has 0 atom stereocenters. The van der Waals surface area contributed by atoms with Gasteiger partial charge in [-0.3, -0.25) is 0 Å². The summed E-state index contributed by atoms with van der Waals surface area (Å²) in [5.74, 6) is -1.46. The maximum absolute atomic E-state index is 15.2. The van der Waals surface area contributed by atoms with Gasteiger partial charge in [0, 0.05) is 0 Å². The lowest BCUT2D eigenvalue weighted by molar-refractivity contribution is 0.155. The van der Waals surface area contributed by atoms with Crippen molar-refractivity contribution in [1.29, 1.82) is 0 Å². The second kappa shape index (κ2) is 14.4. The van der Waals surface area contributed by atoms with E-state index in [0.717, 1.165) is 43.4 Å². The van der Waals surface area contributed by atoms with Crippen LogP contribution in [0.3, 0.4) is 0 Å². The van der Waals surface area contributed by atoms with E-state index in [2.05, 4.69) is 6.92 Å². The molecule has 0 bridgehead atoms. The highest BCUT2D eigenvalue weighted by Crippen LogP contribution is 2.45. The topological polar surface area (TPSA) is 9.23 Å². The molecule has 0 aromatic heterocycles. The fourth-order valence-electron chi connectivity index (χ4n) is 6.91. The van der Waals surface area contributed by atoms with Crippen molar-refractivity contribution >= 4 is 0 Å². The van der Waals surface area contributed by atoms with E-state index in [4.69, 9.17) is 4.74 Å². The molecule has 0 spiro atoms. The normalized spacial score (nSPS) is 23.8. The molecule has 0 N–H and O–H groups in total. The molecule has 1 nitrogen and oxygen atoms in total. The molecule has 0 unspecified atom stereocenters. The molecule has 2 fully saturated rings. The SMILES string of the molecule is C/C=C/Oc1ccc(CCc2ccc(C3CCC(C4CCC(CCCCC)CC4)CC3)c(F)c2F)c(F)c1F. The molecule has 2 aromatic carbocycles. The highest BCUT2D eigenvalue weighted by molar-refractivity contribution is 5.34. The zero-order valence-corrected chi connectivity index (χ0v) is 23.6. The zero-order chi connectivity index (χ0) is 27.8. The van der Waals surface area contributed by atoms with Gasteiger partial charge in [-0.2, -0.15) is 4.39 Å². The molecular weight excluding hydrogens is 500 g/mol. The summed E-state index contributed by atoms with van der Waals surface area (Å²) in [4.78, 5) is 0. The van der Waals surface area contributed by atoms with E-state index in [9.17, 15) is 8.78 Å². The lowest BCUT2D eigenvalue weighted by atomic mass is 9.68. The van der Waals surface area contributed by atoms with Crippen LogP contribution in [-0.2, 0) is 12.8 Å². The number of ether oxygens (including phenoxy) is 1. The first kappa shape index (κ1) is 29.7. The summed E-state index contributed by atoms with van der Waals surface area (Å²) in [5.41, 5.74) is 0.768. The van der Waals surface area contributed by atoms with Crippen molar-refractivity contribution in [1.82, 2.24) is 0 Å². The summed E-state index contributed by atoms with van der Waals surface area (Å²) >= 11 is 0. The van der Waals surface area contributed by atoms with Crippen LogP contribution in [-0.4, -0.2) is 0 Å². The van der Waals surface area contributed by atoms with Gasteiger partial charge in [-0.25, -0.2) is 13.2 Å². The van der Waals surface area contributed by atoms with E-state index < -0.39 is 23.3 Å². The molecule has 0 saturated heterocycles. The molecule has 0 aliphatic heterocycles. The number of halogens is 4. The number of allylic oxidation sites excluding steroid dienone is 1. The van der Waals surface area contributed by atoms with Crippen LogP contribution in [0.4, 0.5) is 17.6 Å². The van der Waals surface area contributed by atoms with E-state index in [-0.39, 0.29) is 35.6 Å². The Morgan fingerprint density at radius 2 is 1.31 bits per heavy atom. The molecule has 2 aliphatic rings. The maximum Gasteiger partial charge on any atom is 0.201 e. The van der Waals surface area contributed by atoms with Gasteiger partial charge >= 0.3 is 0 Å². The molecule has 0 radical (unpaired) electrons. The first-order valence-electron chi connectivity index (χ1n) is 15.1. The van der Waals surface area contributed by atoms with Crippen molar-refractivity contribution in [3.8, 4) is 5.75 Å². The Kier molecular flexibility index (Phi) is 10.9. The smallest absolute Gasteiger partial charge is 0.201 e. The van der Waals surface area contributed by atoms with Crippen LogP contribution in [0.2, 0.25) is 0 Å². The van der Waals surface area contributed by atoms with Gasteiger partial charge in [0.05, 0.1) is 6.26 Å². The molecule has 2 saturated carbocycles. The van der Waals surface area contributed by atoms with Gasteiger partial charge in [0.25, 0.3) is 0 Å². The number of hydrogen-bond donors (Lipinski definition) is 0. The van der Waals surface area contributed by atoms with Crippen LogP contribution >= 0.6 is 0 Å². The van der Waals surface area contributed by atoms with Crippen molar-refractivity contribution in [2.45, 2.75) is 110 Å².